The van der Waals surface area contributed by atoms with Gasteiger partial charge in [0.2, 0.25) is 0 Å². The first-order valence-electron chi connectivity index (χ1n) is 5.46. The summed E-state index contributed by atoms with van der Waals surface area (Å²) in [6.45, 7) is 2.07. The molecule has 1 N–H and O–H groups in total. The average molecular weight is 252 g/mol. The van der Waals surface area contributed by atoms with Gasteiger partial charge in [0.25, 0.3) is 0 Å². The summed E-state index contributed by atoms with van der Waals surface area (Å²) in [5.41, 5.74) is 0. The SMILES string of the molecule is Clc1cccc(OCCNCc2ccco2)c1. The second-order valence-corrected chi connectivity index (χ2v) is 4.00. The molecule has 4 heteroatoms. The fourth-order valence-electron chi connectivity index (χ4n) is 1.42. The molecule has 0 amide bonds. The van der Waals surface area contributed by atoms with Crippen LogP contribution < -0.4 is 10.1 Å². The van der Waals surface area contributed by atoms with Crippen molar-refractivity contribution in [3.63, 3.8) is 0 Å². The summed E-state index contributed by atoms with van der Waals surface area (Å²) >= 11 is 5.84. The van der Waals surface area contributed by atoms with Crippen LogP contribution in [0.1, 0.15) is 5.76 Å². The molecule has 2 aromatic rings. The second-order valence-electron chi connectivity index (χ2n) is 3.56. The highest BCUT2D eigenvalue weighted by Crippen LogP contribution is 2.16. The Morgan fingerprint density at radius 3 is 2.94 bits per heavy atom. The minimum absolute atomic E-state index is 0.598. The van der Waals surface area contributed by atoms with E-state index in [0.29, 0.717) is 18.2 Å². The van der Waals surface area contributed by atoms with Crippen LogP contribution in [0, 0.1) is 0 Å². The van der Waals surface area contributed by atoms with Crippen molar-refractivity contribution in [2.45, 2.75) is 6.54 Å². The summed E-state index contributed by atoms with van der Waals surface area (Å²) in [6, 6.07) is 11.2. The van der Waals surface area contributed by atoms with E-state index in [1.165, 1.54) is 0 Å². The minimum atomic E-state index is 0.598. The summed E-state index contributed by atoms with van der Waals surface area (Å²) in [6.07, 6.45) is 1.67. The summed E-state index contributed by atoms with van der Waals surface area (Å²) in [5.74, 6) is 1.71. The van der Waals surface area contributed by atoms with E-state index in [-0.39, 0.29) is 0 Å². The molecule has 3 nitrogen and oxygen atoms in total. The maximum absolute atomic E-state index is 5.84. The van der Waals surface area contributed by atoms with Crippen molar-refractivity contribution < 1.29 is 9.15 Å². The molecule has 0 fully saturated rings. The van der Waals surface area contributed by atoms with Gasteiger partial charge in [-0.2, -0.15) is 0 Å². The third kappa shape index (κ3) is 4.13. The molecule has 0 saturated carbocycles. The van der Waals surface area contributed by atoms with Crippen LogP contribution in [0.5, 0.6) is 5.75 Å². The third-order valence-corrected chi connectivity index (χ3v) is 2.46. The van der Waals surface area contributed by atoms with Gasteiger partial charge in [0, 0.05) is 11.6 Å². The Labute approximate surface area is 105 Å². The van der Waals surface area contributed by atoms with E-state index in [2.05, 4.69) is 5.32 Å². The Morgan fingerprint density at radius 1 is 1.24 bits per heavy atom. The summed E-state index contributed by atoms with van der Waals surface area (Å²) in [4.78, 5) is 0. The predicted molar refractivity (Wildman–Crippen MR) is 67.4 cm³/mol. The van der Waals surface area contributed by atoms with Crippen LogP contribution in [0.3, 0.4) is 0 Å². The maximum Gasteiger partial charge on any atom is 0.120 e. The van der Waals surface area contributed by atoms with Crippen LogP contribution >= 0.6 is 11.6 Å². The van der Waals surface area contributed by atoms with Crippen LogP contribution in [0.2, 0.25) is 5.02 Å². The number of furan rings is 1. The number of rotatable bonds is 6. The van der Waals surface area contributed by atoms with E-state index in [4.69, 9.17) is 20.8 Å². The van der Waals surface area contributed by atoms with Gasteiger partial charge in [-0.25, -0.2) is 0 Å². The van der Waals surface area contributed by atoms with Gasteiger partial charge in [-0.05, 0) is 30.3 Å². The summed E-state index contributed by atoms with van der Waals surface area (Å²) in [5, 5.41) is 3.91. The first-order valence-corrected chi connectivity index (χ1v) is 5.84. The highest BCUT2D eigenvalue weighted by atomic mass is 35.5. The van der Waals surface area contributed by atoms with Crippen molar-refractivity contribution >= 4 is 11.6 Å². The lowest BCUT2D eigenvalue weighted by Crippen LogP contribution is -2.20. The van der Waals surface area contributed by atoms with Crippen molar-refractivity contribution in [2.75, 3.05) is 13.2 Å². The number of nitrogens with one attached hydrogen (secondary N) is 1. The molecule has 90 valence electrons. The fourth-order valence-corrected chi connectivity index (χ4v) is 1.60. The smallest absolute Gasteiger partial charge is 0.120 e. The molecule has 0 spiro atoms. The number of benzene rings is 1. The highest BCUT2D eigenvalue weighted by molar-refractivity contribution is 6.30. The minimum Gasteiger partial charge on any atom is -0.492 e. The monoisotopic (exact) mass is 251 g/mol. The first kappa shape index (κ1) is 12.0. The van der Waals surface area contributed by atoms with Crippen LogP contribution in [-0.2, 0) is 6.54 Å². The van der Waals surface area contributed by atoms with E-state index in [1.54, 1.807) is 12.3 Å². The Morgan fingerprint density at radius 2 is 2.18 bits per heavy atom. The van der Waals surface area contributed by atoms with Gasteiger partial charge >= 0.3 is 0 Å². The van der Waals surface area contributed by atoms with E-state index in [0.717, 1.165) is 18.1 Å². The highest BCUT2D eigenvalue weighted by Gasteiger charge is 1.96. The molecule has 0 aliphatic heterocycles. The predicted octanol–water partition coefficient (Wildman–Crippen LogP) is 3.10. The quantitative estimate of drug-likeness (QED) is 0.801. The van der Waals surface area contributed by atoms with E-state index in [9.17, 15) is 0 Å². The fraction of sp³-hybridized carbons (Fsp3) is 0.231. The summed E-state index contributed by atoms with van der Waals surface area (Å²) in [7, 11) is 0. The molecule has 1 aromatic carbocycles. The number of halogens is 1. The lowest BCUT2D eigenvalue weighted by atomic mass is 10.3. The zero-order valence-corrected chi connectivity index (χ0v) is 10.1. The molecule has 0 atom stereocenters. The number of hydrogen-bond donors (Lipinski definition) is 1. The van der Waals surface area contributed by atoms with Crippen molar-refractivity contribution in [2.24, 2.45) is 0 Å². The molecule has 1 aromatic heterocycles. The molecule has 1 heterocycles. The molecular formula is C13H14ClNO2. The summed E-state index contributed by atoms with van der Waals surface area (Å²) < 4.78 is 10.7. The van der Waals surface area contributed by atoms with E-state index in [1.807, 2.05) is 30.3 Å². The average Bonchev–Trinajstić information content (AvgIpc) is 2.82. The van der Waals surface area contributed by atoms with Gasteiger partial charge < -0.3 is 14.5 Å². The van der Waals surface area contributed by atoms with Gasteiger partial charge in [-0.3, -0.25) is 0 Å². The molecule has 2 rings (SSSR count). The van der Waals surface area contributed by atoms with E-state index >= 15 is 0 Å². The zero-order chi connectivity index (χ0) is 11.9. The van der Waals surface area contributed by atoms with Crippen molar-refractivity contribution in [3.8, 4) is 5.75 Å². The standard InChI is InChI=1S/C13H14ClNO2/c14-11-3-1-4-12(9-11)17-8-6-15-10-13-5-2-7-16-13/h1-5,7,9,15H,6,8,10H2. The Balaban J connectivity index is 1.63. The van der Waals surface area contributed by atoms with Crippen molar-refractivity contribution in [3.05, 3.63) is 53.4 Å². The normalized spacial score (nSPS) is 10.4. The van der Waals surface area contributed by atoms with Crippen LogP contribution in [0.4, 0.5) is 0 Å². The van der Waals surface area contributed by atoms with Crippen LogP contribution in [-0.4, -0.2) is 13.2 Å². The lowest BCUT2D eigenvalue weighted by Gasteiger charge is -2.06. The topological polar surface area (TPSA) is 34.4 Å². The Kier molecular flexibility index (Phi) is 4.47. The van der Waals surface area contributed by atoms with Crippen LogP contribution in [0.25, 0.3) is 0 Å². The zero-order valence-electron chi connectivity index (χ0n) is 9.36. The van der Waals surface area contributed by atoms with Gasteiger partial charge in [0.1, 0.15) is 18.1 Å². The van der Waals surface area contributed by atoms with Gasteiger partial charge in [-0.1, -0.05) is 17.7 Å². The molecule has 0 unspecified atom stereocenters. The molecular weight excluding hydrogens is 238 g/mol. The Bertz CT molecular complexity index is 442. The largest absolute Gasteiger partial charge is 0.492 e. The molecule has 0 aliphatic carbocycles. The van der Waals surface area contributed by atoms with Gasteiger partial charge in [0.05, 0.1) is 12.8 Å². The second kappa shape index (κ2) is 6.33. The number of hydrogen-bond acceptors (Lipinski definition) is 3. The van der Waals surface area contributed by atoms with Crippen LogP contribution in [0.15, 0.2) is 47.1 Å². The lowest BCUT2D eigenvalue weighted by molar-refractivity contribution is 0.311. The number of ether oxygens (including phenoxy) is 1. The molecule has 0 radical (unpaired) electrons. The van der Waals surface area contributed by atoms with Gasteiger partial charge in [-0.15, -0.1) is 0 Å². The maximum atomic E-state index is 5.84. The molecule has 17 heavy (non-hydrogen) atoms. The third-order valence-electron chi connectivity index (χ3n) is 2.22. The Hall–Kier alpha value is -1.45. The molecule has 0 aliphatic rings. The van der Waals surface area contributed by atoms with Crippen molar-refractivity contribution in [1.29, 1.82) is 0 Å². The van der Waals surface area contributed by atoms with Gasteiger partial charge in [0.15, 0.2) is 0 Å². The first-order chi connectivity index (χ1) is 8.34. The van der Waals surface area contributed by atoms with Crippen molar-refractivity contribution in [1.82, 2.24) is 5.32 Å². The molecule has 0 bridgehead atoms. The van der Waals surface area contributed by atoms with E-state index < -0.39 is 0 Å². The molecule has 0 saturated heterocycles.